The van der Waals surface area contributed by atoms with Gasteiger partial charge in [-0.25, -0.2) is 0 Å². The van der Waals surface area contributed by atoms with E-state index in [2.05, 4.69) is 21.2 Å². The molecule has 5 heteroatoms. The van der Waals surface area contributed by atoms with Gasteiger partial charge in [0, 0.05) is 17.6 Å². The van der Waals surface area contributed by atoms with Gasteiger partial charge in [-0.2, -0.15) is 0 Å². The summed E-state index contributed by atoms with van der Waals surface area (Å²) < 4.78 is 0.883. The number of hydrogen-bond acceptors (Lipinski definition) is 2. The summed E-state index contributed by atoms with van der Waals surface area (Å²) in [4.78, 5) is 14.4. The summed E-state index contributed by atoms with van der Waals surface area (Å²) in [6, 6.07) is 5.42. The lowest BCUT2D eigenvalue weighted by Gasteiger charge is -2.32. The molecule has 1 aromatic rings. The molecule has 110 valence electrons. The molecule has 1 fully saturated rings. The lowest BCUT2D eigenvalue weighted by Crippen LogP contribution is -2.39. The highest BCUT2D eigenvalue weighted by atomic mass is 79.9. The first-order valence-electron chi connectivity index (χ1n) is 7.00. The van der Waals surface area contributed by atoms with Crippen molar-refractivity contribution in [3.63, 3.8) is 0 Å². The normalized spacial score (nSPS) is 16.4. The second-order valence-electron chi connectivity index (χ2n) is 5.25. The first kappa shape index (κ1) is 15.8. The number of nitrogens with zero attached hydrogens (tertiary/aromatic N) is 1. The summed E-state index contributed by atoms with van der Waals surface area (Å²) >= 11 is 9.52. The number of likely N-dealkylation sites (tertiary alicyclic amines) is 1. The molecule has 1 saturated heterocycles. The molecule has 0 radical (unpaired) electrons. The fourth-order valence-corrected chi connectivity index (χ4v) is 3.16. The van der Waals surface area contributed by atoms with Crippen molar-refractivity contribution in [3.8, 4) is 0 Å². The van der Waals surface area contributed by atoms with Crippen LogP contribution in [0.1, 0.15) is 29.6 Å². The van der Waals surface area contributed by atoms with Crippen LogP contribution in [0.25, 0.3) is 0 Å². The fraction of sp³-hybridized carbons (Fsp3) is 0.533. The van der Waals surface area contributed by atoms with Crippen molar-refractivity contribution in [2.75, 3.05) is 26.7 Å². The molecule has 20 heavy (non-hydrogen) atoms. The third kappa shape index (κ3) is 3.96. The summed E-state index contributed by atoms with van der Waals surface area (Å²) in [5.74, 6) is 0.771. The Bertz CT molecular complexity index is 473. The molecule has 0 aliphatic carbocycles. The lowest BCUT2D eigenvalue weighted by atomic mass is 9.93. The minimum absolute atomic E-state index is 0.0448. The van der Waals surface area contributed by atoms with E-state index in [1.807, 2.05) is 18.0 Å². The van der Waals surface area contributed by atoms with E-state index in [9.17, 15) is 4.79 Å². The van der Waals surface area contributed by atoms with Crippen LogP contribution in [0.3, 0.4) is 0 Å². The van der Waals surface area contributed by atoms with Crippen LogP contribution in [0.5, 0.6) is 0 Å². The molecule has 0 atom stereocenters. The molecule has 1 N–H and O–H groups in total. The molecule has 1 aliphatic rings. The fourth-order valence-electron chi connectivity index (χ4n) is 2.60. The number of carbonyl (C=O) groups excluding carboxylic acids is 1. The number of carbonyl (C=O) groups is 1. The number of hydrogen-bond donors (Lipinski definition) is 1. The molecular formula is C15H20BrClN2O. The minimum atomic E-state index is 0.0448. The maximum absolute atomic E-state index is 12.5. The van der Waals surface area contributed by atoms with Gasteiger partial charge in [0.25, 0.3) is 5.91 Å². The van der Waals surface area contributed by atoms with E-state index < -0.39 is 0 Å². The Morgan fingerprint density at radius 3 is 2.80 bits per heavy atom. The molecule has 0 aromatic heterocycles. The number of nitrogens with one attached hydrogen (secondary N) is 1. The van der Waals surface area contributed by atoms with Crippen LogP contribution in [0.15, 0.2) is 22.7 Å². The van der Waals surface area contributed by atoms with E-state index in [0.717, 1.165) is 42.9 Å². The zero-order valence-corrected chi connectivity index (χ0v) is 14.0. The molecule has 0 spiro atoms. The largest absolute Gasteiger partial charge is 0.339 e. The van der Waals surface area contributed by atoms with Crippen molar-refractivity contribution in [2.24, 2.45) is 5.92 Å². The van der Waals surface area contributed by atoms with E-state index in [1.165, 1.54) is 6.42 Å². The van der Waals surface area contributed by atoms with Crippen LogP contribution >= 0.6 is 27.5 Å². The first-order chi connectivity index (χ1) is 9.61. The number of benzene rings is 1. The highest BCUT2D eigenvalue weighted by Crippen LogP contribution is 2.26. The highest BCUT2D eigenvalue weighted by molar-refractivity contribution is 9.10. The number of rotatable bonds is 4. The molecular weight excluding hydrogens is 340 g/mol. The second-order valence-corrected chi connectivity index (χ2v) is 6.57. The summed E-state index contributed by atoms with van der Waals surface area (Å²) in [6.45, 7) is 2.71. The zero-order chi connectivity index (χ0) is 14.5. The Balaban J connectivity index is 1.96. The molecule has 0 unspecified atom stereocenters. The smallest absolute Gasteiger partial charge is 0.255 e. The van der Waals surface area contributed by atoms with E-state index in [4.69, 9.17) is 11.6 Å². The monoisotopic (exact) mass is 358 g/mol. The van der Waals surface area contributed by atoms with Crippen LogP contribution < -0.4 is 5.32 Å². The highest BCUT2D eigenvalue weighted by Gasteiger charge is 2.24. The number of halogens is 2. The van der Waals surface area contributed by atoms with E-state index >= 15 is 0 Å². The van der Waals surface area contributed by atoms with Crippen molar-refractivity contribution in [3.05, 3.63) is 33.3 Å². The van der Waals surface area contributed by atoms with Crippen molar-refractivity contribution in [1.82, 2.24) is 10.2 Å². The SMILES string of the molecule is CNCCC1CCN(C(=O)c2cc(Br)ccc2Cl)CC1. The van der Waals surface area contributed by atoms with Gasteiger partial charge in [0.05, 0.1) is 10.6 Å². The van der Waals surface area contributed by atoms with Gasteiger partial charge in [0.2, 0.25) is 0 Å². The molecule has 1 aliphatic heterocycles. The average molecular weight is 360 g/mol. The third-order valence-corrected chi connectivity index (χ3v) is 4.69. The standard InChI is InChI=1S/C15H20BrClN2O/c1-18-7-4-11-5-8-19(9-6-11)15(20)13-10-12(16)2-3-14(13)17/h2-3,10-11,18H,4-9H2,1H3. The van der Waals surface area contributed by atoms with Crippen molar-refractivity contribution < 1.29 is 4.79 Å². The lowest BCUT2D eigenvalue weighted by molar-refractivity contribution is 0.0687. The number of amides is 1. The Hall–Kier alpha value is -0.580. The van der Waals surface area contributed by atoms with Crippen molar-refractivity contribution >= 4 is 33.4 Å². The molecule has 1 amide bonds. The Kier molecular flexibility index (Phi) is 5.87. The van der Waals surface area contributed by atoms with Crippen molar-refractivity contribution in [1.29, 1.82) is 0 Å². The molecule has 0 saturated carbocycles. The van der Waals surface area contributed by atoms with E-state index in [-0.39, 0.29) is 5.91 Å². The van der Waals surface area contributed by atoms with Crippen LogP contribution in [-0.2, 0) is 0 Å². The number of piperidine rings is 1. The van der Waals surface area contributed by atoms with Gasteiger partial charge in [-0.05, 0) is 57.0 Å². The maximum atomic E-state index is 12.5. The Labute approximate surface area is 133 Å². The van der Waals surface area contributed by atoms with Crippen LogP contribution in [0, 0.1) is 5.92 Å². The summed E-state index contributed by atoms with van der Waals surface area (Å²) in [6.07, 6.45) is 3.36. The summed E-state index contributed by atoms with van der Waals surface area (Å²) in [7, 11) is 1.98. The Morgan fingerprint density at radius 2 is 2.15 bits per heavy atom. The maximum Gasteiger partial charge on any atom is 0.255 e. The summed E-state index contributed by atoms with van der Waals surface area (Å²) in [5.41, 5.74) is 0.592. The molecule has 1 heterocycles. The van der Waals surface area contributed by atoms with Crippen LogP contribution in [0.4, 0.5) is 0 Å². The molecule has 0 bridgehead atoms. The minimum Gasteiger partial charge on any atom is -0.339 e. The van der Waals surface area contributed by atoms with Crippen LogP contribution in [-0.4, -0.2) is 37.5 Å². The summed E-state index contributed by atoms with van der Waals surface area (Å²) in [5, 5.41) is 3.71. The van der Waals surface area contributed by atoms with E-state index in [1.54, 1.807) is 12.1 Å². The van der Waals surface area contributed by atoms with Gasteiger partial charge in [0.1, 0.15) is 0 Å². The average Bonchev–Trinajstić information content (AvgIpc) is 2.47. The van der Waals surface area contributed by atoms with Crippen LogP contribution in [0.2, 0.25) is 5.02 Å². The molecule has 1 aromatic carbocycles. The van der Waals surface area contributed by atoms with Gasteiger partial charge in [-0.3, -0.25) is 4.79 Å². The Morgan fingerprint density at radius 1 is 1.45 bits per heavy atom. The van der Waals surface area contributed by atoms with Gasteiger partial charge in [-0.15, -0.1) is 0 Å². The predicted octanol–water partition coefficient (Wildman–Crippen LogP) is 3.56. The van der Waals surface area contributed by atoms with Gasteiger partial charge in [0.15, 0.2) is 0 Å². The molecule has 2 rings (SSSR count). The van der Waals surface area contributed by atoms with Gasteiger partial charge in [-0.1, -0.05) is 27.5 Å². The van der Waals surface area contributed by atoms with Crippen molar-refractivity contribution in [2.45, 2.75) is 19.3 Å². The second kappa shape index (κ2) is 7.43. The molecule has 3 nitrogen and oxygen atoms in total. The van der Waals surface area contributed by atoms with E-state index in [0.29, 0.717) is 10.6 Å². The predicted molar refractivity (Wildman–Crippen MR) is 86.3 cm³/mol. The first-order valence-corrected chi connectivity index (χ1v) is 8.18. The zero-order valence-electron chi connectivity index (χ0n) is 11.7. The third-order valence-electron chi connectivity index (χ3n) is 3.86. The topological polar surface area (TPSA) is 32.3 Å². The van der Waals surface area contributed by atoms with Gasteiger partial charge >= 0.3 is 0 Å². The quantitative estimate of drug-likeness (QED) is 0.891. The van der Waals surface area contributed by atoms with Gasteiger partial charge < -0.3 is 10.2 Å².